The van der Waals surface area contributed by atoms with Gasteiger partial charge in [-0.05, 0) is 30.5 Å². The van der Waals surface area contributed by atoms with Crippen molar-refractivity contribution in [3.8, 4) is 0 Å². The highest BCUT2D eigenvalue weighted by Gasteiger charge is 2.10. The van der Waals surface area contributed by atoms with Crippen LogP contribution in [0, 0.1) is 0 Å². The zero-order chi connectivity index (χ0) is 12.1. The van der Waals surface area contributed by atoms with E-state index in [4.69, 9.17) is 4.42 Å². The summed E-state index contributed by atoms with van der Waals surface area (Å²) in [5.41, 5.74) is 1.96. The molecule has 0 saturated heterocycles. The number of ketones is 1. The number of rotatable bonds is 5. The van der Waals surface area contributed by atoms with Gasteiger partial charge in [-0.25, -0.2) is 0 Å². The minimum Gasteiger partial charge on any atom is -0.461 e. The van der Waals surface area contributed by atoms with Crippen LogP contribution in [0.3, 0.4) is 0 Å². The van der Waals surface area contributed by atoms with Crippen LogP contribution in [0.25, 0.3) is 0 Å². The van der Waals surface area contributed by atoms with Gasteiger partial charge in [0.05, 0.1) is 6.26 Å². The van der Waals surface area contributed by atoms with E-state index >= 15 is 0 Å². The molecule has 1 aromatic heterocycles. The molecule has 17 heavy (non-hydrogen) atoms. The van der Waals surface area contributed by atoms with E-state index in [1.54, 1.807) is 12.1 Å². The summed E-state index contributed by atoms with van der Waals surface area (Å²) >= 11 is 0. The normalized spacial score (nSPS) is 10.4. The number of hydrogen-bond donors (Lipinski definition) is 0. The Hall–Kier alpha value is -1.83. The molecule has 2 nitrogen and oxygen atoms in total. The van der Waals surface area contributed by atoms with Gasteiger partial charge in [0.1, 0.15) is 0 Å². The number of furan rings is 1. The second-order valence-corrected chi connectivity index (χ2v) is 4.11. The van der Waals surface area contributed by atoms with Gasteiger partial charge < -0.3 is 4.42 Å². The molecule has 0 radical (unpaired) electrons. The topological polar surface area (TPSA) is 30.2 Å². The fourth-order valence-corrected chi connectivity index (χ4v) is 1.75. The lowest BCUT2D eigenvalue weighted by molar-refractivity contribution is 0.101. The van der Waals surface area contributed by atoms with Crippen molar-refractivity contribution < 1.29 is 9.21 Å². The Kier molecular flexibility index (Phi) is 3.76. The fraction of sp³-hybridized carbons (Fsp3) is 0.267. The van der Waals surface area contributed by atoms with Gasteiger partial charge in [-0.2, -0.15) is 0 Å². The molecule has 1 heterocycles. The zero-order valence-corrected chi connectivity index (χ0v) is 9.98. The van der Waals surface area contributed by atoms with Crippen LogP contribution in [-0.4, -0.2) is 5.78 Å². The van der Waals surface area contributed by atoms with Crippen molar-refractivity contribution in [2.45, 2.75) is 26.2 Å². The van der Waals surface area contributed by atoms with Crippen LogP contribution >= 0.6 is 0 Å². The molecule has 0 aliphatic rings. The predicted molar refractivity (Wildman–Crippen MR) is 67.2 cm³/mol. The number of unbranched alkanes of at least 4 members (excludes halogenated alkanes) is 1. The van der Waals surface area contributed by atoms with Gasteiger partial charge >= 0.3 is 0 Å². The van der Waals surface area contributed by atoms with Crippen molar-refractivity contribution in [1.29, 1.82) is 0 Å². The lowest BCUT2D eigenvalue weighted by Gasteiger charge is -2.01. The second kappa shape index (κ2) is 5.48. The van der Waals surface area contributed by atoms with E-state index in [1.165, 1.54) is 24.7 Å². The van der Waals surface area contributed by atoms with E-state index in [0.29, 0.717) is 11.3 Å². The predicted octanol–water partition coefficient (Wildman–Crippen LogP) is 3.85. The van der Waals surface area contributed by atoms with E-state index in [9.17, 15) is 4.79 Å². The molecule has 88 valence electrons. The Balaban J connectivity index is 2.10. The molecule has 0 fully saturated rings. The number of carbonyl (C=O) groups excluding carboxylic acids is 1. The molecule has 1 aromatic carbocycles. The fourth-order valence-electron chi connectivity index (χ4n) is 1.75. The van der Waals surface area contributed by atoms with Crippen LogP contribution in [0.2, 0.25) is 0 Å². The SMILES string of the molecule is CCCCc1ccc(C(=O)c2ccco2)cc1. The highest BCUT2D eigenvalue weighted by atomic mass is 16.3. The monoisotopic (exact) mass is 228 g/mol. The van der Waals surface area contributed by atoms with E-state index in [1.807, 2.05) is 24.3 Å². The van der Waals surface area contributed by atoms with E-state index in [-0.39, 0.29) is 5.78 Å². The maximum atomic E-state index is 11.9. The minimum atomic E-state index is -0.0583. The summed E-state index contributed by atoms with van der Waals surface area (Å²) in [6.45, 7) is 2.18. The summed E-state index contributed by atoms with van der Waals surface area (Å²) in [5, 5.41) is 0. The zero-order valence-electron chi connectivity index (χ0n) is 9.98. The van der Waals surface area contributed by atoms with E-state index < -0.39 is 0 Å². The average molecular weight is 228 g/mol. The van der Waals surface area contributed by atoms with E-state index in [0.717, 1.165) is 6.42 Å². The maximum absolute atomic E-state index is 11.9. The largest absolute Gasteiger partial charge is 0.461 e. The molecular formula is C15H16O2. The van der Waals surface area contributed by atoms with Crippen LogP contribution in [0.1, 0.15) is 41.4 Å². The summed E-state index contributed by atoms with van der Waals surface area (Å²) in [6, 6.07) is 11.2. The van der Waals surface area contributed by atoms with Crippen LogP contribution in [-0.2, 0) is 6.42 Å². The third kappa shape index (κ3) is 2.84. The molecule has 2 aromatic rings. The first-order valence-electron chi connectivity index (χ1n) is 5.98. The summed E-state index contributed by atoms with van der Waals surface area (Å²) in [5.74, 6) is 0.336. The first kappa shape index (κ1) is 11.6. The van der Waals surface area contributed by atoms with Gasteiger partial charge in [-0.15, -0.1) is 0 Å². The molecule has 0 amide bonds. The van der Waals surface area contributed by atoms with E-state index in [2.05, 4.69) is 6.92 Å². The maximum Gasteiger partial charge on any atom is 0.228 e. The minimum absolute atomic E-state index is 0.0583. The van der Waals surface area contributed by atoms with Crippen molar-refractivity contribution in [1.82, 2.24) is 0 Å². The Morgan fingerprint density at radius 1 is 1.18 bits per heavy atom. The van der Waals surface area contributed by atoms with Crippen molar-refractivity contribution >= 4 is 5.78 Å². The number of benzene rings is 1. The standard InChI is InChI=1S/C15H16O2/c1-2-3-5-12-7-9-13(10-8-12)15(16)14-6-4-11-17-14/h4,6-11H,2-3,5H2,1H3. The molecule has 0 aliphatic carbocycles. The lowest BCUT2D eigenvalue weighted by atomic mass is 10.0. The van der Waals surface area contributed by atoms with Crippen molar-refractivity contribution in [2.24, 2.45) is 0 Å². The number of aryl methyl sites for hydroxylation is 1. The van der Waals surface area contributed by atoms with Gasteiger partial charge in [-0.1, -0.05) is 37.6 Å². The van der Waals surface area contributed by atoms with Gasteiger partial charge in [0.15, 0.2) is 5.76 Å². The molecule has 2 rings (SSSR count). The Bertz CT molecular complexity index is 466. The highest BCUT2D eigenvalue weighted by molar-refractivity contribution is 6.07. The van der Waals surface area contributed by atoms with Crippen LogP contribution < -0.4 is 0 Å². The second-order valence-electron chi connectivity index (χ2n) is 4.11. The molecule has 0 N–H and O–H groups in total. The Morgan fingerprint density at radius 2 is 1.94 bits per heavy atom. The van der Waals surface area contributed by atoms with Crippen LogP contribution in [0.15, 0.2) is 47.1 Å². The highest BCUT2D eigenvalue weighted by Crippen LogP contribution is 2.12. The summed E-state index contributed by atoms with van der Waals surface area (Å²) in [7, 11) is 0. The molecule has 0 saturated carbocycles. The summed E-state index contributed by atoms with van der Waals surface area (Å²) in [6.07, 6.45) is 4.97. The third-order valence-electron chi connectivity index (χ3n) is 2.78. The summed E-state index contributed by atoms with van der Waals surface area (Å²) < 4.78 is 5.10. The Morgan fingerprint density at radius 3 is 2.53 bits per heavy atom. The third-order valence-corrected chi connectivity index (χ3v) is 2.78. The quantitative estimate of drug-likeness (QED) is 0.727. The molecular weight excluding hydrogens is 212 g/mol. The first-order chi connectivity index (χ1) is 8.31. The van der Waals surface area contributed by atoms with Gasteiger partial charge in [0.25, 0.3) is 0 Å². The van der Waals surface area contributed by atoms with Gasteiger partial charge in [0.2, 0.25) is 5.78 Å². The van der Waals surface area contributed by atoms with Crippen LogP contribution in [0.4, 0.5) is 0 Å². The van der Waals surface area contributed by atoms with Gasteiger partial charge in [0, 0.05) is 5.56 Å². The van der Waals surface area contributed by atoms with Crippen molar-refractivity contribution in [2.75, 3.05) is 0 Å². The average Bonchev–Trinajstić information content (AvgIpc) is 2.90. The molecule has 0 unspecified atom stereocenters. The Labute approximate surface area is 101 Å². The van der Waals surface area contributed by atoms with Crippen molar-refractivity contribution in [3.05, 3.63) is 59.5 Å². The van der Waals surface area contributed by atoms with Crippen LogP contribution in [0.5, 0.6) is 0 Å². The molecule has 2 heteroatoms. The van der Waals surface area contributed by atoms with Crippen molar-refractivity contribution in [3.63, 3.8) is 0 Å². The molecule has 0 aliphatic heterocycles. The lowest BCUT2D eigenvalue weighted by Crippen LogP contribution is -1.99. The summed E-state index contributed by atoms with van der Waals surface area (Å²) in [4.78, 5) is 11.9. The number of hydrogen-bond acceptors (Lipinski definition) is 2. The first-order valence-corrected chi connectivity index (χ1v) is 5.98. The smallest absolute Gasteiger partial charge is 0.228 e. The molecule has 0 atom stereocenters. The molecule has 0 spiro atoms. The number of carbonyl (C=O) groups is 1. The van der Waals surface area contributed by atoms with Gasteiger partial charge in [-0.3, -0.25) is 4.79 Å². The molecule has 0 bridgehead atoms.